The van der Waals surface area contributed by atoms with Crippen LogP contribution < -0.4 is 5.32 Å². The lowest BCUT2D eigenvalue weighted by molar-refractivity contribution is 0.0879. The van der Waals surface area contributed by atoms with E-state index in [2.05, 4.69) is 17.2 Å². The van der Waals surface area contributed by atoms with Crippen molar-refractivity contribution in [2.45, 2.75) is 32.7 Å². The van der Waals surface area contributed by atoms with Crippen LogP contribution in [0, 0.1) is 5.92 Å². The summed E-state index contributed by atoms with van der Waals surface area (Å²) in [6.07, 6.45) is 6.54. The Kier molecular flexibility index (Phi) is 3.72. The van der Waals surface area contributed by atoms with E-state index >= 15 is 0 Å². The van der Waals surface area contributed by atoms with Gasteiger partial charge in [-0.2, -0.15) is 0 Å². The predicted molar refractivity (Wildman–Crippen MR) is 62.4 cm³/mol. The minimum absolute atomic E-state index is 0.166. The lowest BCUT2D eigenvalue weighted by Crippen LogP contribution is -2.33. The molecular weight excluding hydrogens is 202 g/mol. The van der Waals surface area contributed by atoms with Gasteiger partial charge in [0.15, 0.2) is 5.82 Å². The predicted octanol–water partition coefficient (Wildman–Crippen LogP) is 1.48. The fraction of sp³-hybridized carbons (Fsp3) is 0.667. The molecule has 0 aromatic carbocycles. The van der Waals surface area contributed by atoms with Crippen molar-refractivity contribution in [1.29, 1.82) is 0 Å². The first kappa shape index (κ1) is 11.3. The first-order chi connectivity index (χ1) is 7.83. The fourth-order valence-electron chi connectivity index (χ4n) is 2.22. The van der Waals surface area contributed by atoms with Crippen LogP contribution in [0.1, 0.15) is 36.8 Å². The van der Waals surface area contributed by atoms with Crippen molar-refractivity contribution < 1.29 is 4.79 Å². The third-order valence-corrected chi connectivity index (χ3v) is 3.11. The zero-order chi connectivity index (χ0) is 11.4. The molecule has 0 atom stereocenters. The Balaban J connectivity index is 2.09. The van der Waals surface area contributed by atoms with Crippen molar-refractivity contribution in [3.8, 4) is 0 Å². The van der Waals surface area contributed by atoms with Crippen LogP contribution in [0.4, 0.5) is 0 Å². The molecule has 2 rings (SSSR count). The summed E-state index contributed by atoms with van der Waals surface area (Å²) < 4.78 is 1.98. The molecule has 1 aliphatic rings. The topological polar surface area (TPSA) is 46.9 Å². The lowest BCUT2D eigenvalue weighted by Gasteiger charge is -2.21. The number of carbonyl (C=O) groups is 1. The second-order valence-corrected chi connectivity index (χ2v) is 4.33. The molecule has 1 saturated heterocycles. The van der Waals surface area contributed by atoms with Crippen molar-refractivity contribution in [2.75, 3.05) is 13.1 Å². The Morgan fingerprint density at radius 1 is 1.56 bits per heavy atom. The summed E-state index contributed by atoms with van der Waals surface area (Å²) in [5, 5.41) is 3.28. The molecule has 16 heavy (non-hydrogen) atoms. The third kappa shape index (κ3) is 2.32. The van der Waals surface area contributed by atoms with E-state index in [1.165, 1.54) is 0 Å². The molecule has 4 heteroatoms. The summed E-state index contributed by atoms with van der Waals surface area (Å²) in [6.45, 7) is 4.89. The minimum Gasteiger partial charge on any atom is -0.329 e. The van der Waals surface area contributed by atoms with Crippen LogP contribution in [0.2, 0.25) is 0 Å². The van der Waals surface area contributed by atoms with Gasteiger partial charge in [-0.05, 0) is 32.4 Å². The van der Waals surface area contributed by atoms with Gasteiger partial charge in [0.05, 0.1) is 0 Å². The van der Waals surface area contributed by atoms with Gasteiger partial charge in [-0.15, -0.1) is 0 Å². The van der Waals surface area contributed by atoms with E-state index in [1.807, 2.05) is 10.8 Å². The van der Waals surface area contributed by atoms with Crippen molar-refractivity contribution in [1.82, 2.24) is 14.9 Å². The first-order valence-corrected chi connectivity index (χ1v) is 6.09. The number of Topliss-reactive ketones (excluding diaryl/α,β-unsaturated/α-hetero) is 1. The van der Waals surface area contributed by atoms with Crippen LogP contribution in [0.15, 0.2) is 12.4 Å². The number of hydrogen-bond donors (Lipinski definition) is 1. The number of aryl methyl sites for hydroxylation is 1. The van der Waals surface area contributed by atoms with E-state index in [0.717, 1.165) is 38.9 Å². The van der Waals surface area contributed by atoms with Crippen molar-refractivity contribution >= 4 is 5.78 Å². The SMILES string of the molecule is CCCn1ccnc1C(=O)C1CCNCC1. The van der Waals surface area contributed by atoms with Crippen molar-refractivity contribution in [2.24, 2.45) is 5.92 Å². The Bertz CT molecular complexity index is 353. The third-order valence-electron chi connectivity index (χ3n) is 3.11. The van der Waals surface area contributed by atoms with Gasteiger partial charge in [-0.3, -0.25) is 4.79 Å². The van der Waals surface area contributed by atoms with Gasteiger partial charge in [0.2, 0.25) is 5.78 Å². The number of nitrogens with one attached hydrogen (secondary N) is 1. The molecule has 1 N–H and O–H groups in total. The Hall–Kier alpha value is -1.16. The molecule has 0 radical (unpaired) electrons. The smallest absolute Gasteiger partial charge is 0.201 e. The second kappa shape index (κ2) is 5.25. The van der Waals surface area contributed by atoms with Gasteiger partial charge < -0.3 is 9.88 Å². The summed E-state index contributed by atoms with van der Waals surface area (Å²) in [7, 11) is 0. The molecule has 0 spiro atoms. The van der Waals surface area contributed by atoms with Gasteiger partial charge >= 0.3 is 0 Å². The van der Waals surface area contributed by atoms with E-state index < -0.39 is 0 Å². The standard InChI is InChI=1S/C12H19N3O/c1-2-8-15-9-7-14-12(15)11(16)10-3-5-13-6-4-10/h7,9-10,13H,2-6,8H2,1H3. The minimum atomic E-state index is 0.166. The maximum atomic E-state index is 12.2. The summed E-state index contributed by atoms with van der Waals surface area (Å²) in [5.74, 6) is 1.04. The molecule has 1 aliphatic heterocycles. The highest BCUT2D eigenvalue weighted by Gasteiger charge is 2.25. The number of carbonyl (C=O) groups excluding carboxylic acids is 1. The number of piperidine rings is 1. The highest BCUT2D eigenvalue weighted by molar-refractivity contribution is 5.94. The number of rotatable bonds is 4. The van der Waals surface area contributed by atoms with E-state index in [1.54, 1.807) is 6.20 Å². The molecule has 1 fully saturated rings. The van der Waals surface area contributed by atoms with Gasteiger partial charge in [-0.25, -0.2) is 4.98 Å². The average Bonchev–Trinajstić information content (AvgIpc) is 2.78. The maximum absolute atomic E-state index is 12.2. The fourth-order valence-corrected chi connectivity index (χ4v) is 2.22. The molecule has 4 nitrogen and oxygen atoms in total. The molecule has 0 unspecified atom stereocenters. The number of nitrogens with zero attached hydrogens (tertiary/aromatic N) is 2. The van der Waals surface area contributed by atoms with Crippen LogP contribution in [0.25, 0.3) is 0 Å². The average molecular weight is 221 g/mol. The quantitative estimate of drug-likeness (QED) is 0.783. The van der Waals surface area contributed by atoms with Gasteiger partial charge in [0.1, 0.15) is 0 Å². The van der Waals surface area contributed by atoms with Crippen molar-refractivity contribution in [3.63, 3.8) is 0 Å². The molecule has 0 bridgehead atoms. The van der Waals surface area contributed by atoms with Gasteiger partial charge in [0.25, 0.3) is 0 Å². The zero-order valence-corrected chi connectivity index (χ0v) is 9.78. The van der Waals surface area contributed by atoms with E-state index in [9.17, 15) is 4.79 Å². The normalized spacial score (nSPS) is 17.6. The Morgan fingerprint density at radius 2 is 2.31 bits per heavy atom. The second-order valence-electron chi connectivity index (χ2n) is 4.33. The number of imidazole rings is 1. The van der Waals surface area contributed by atoms with Gasteiger partial charge in [0, 0.05) is 24.9 Å². The monoisotopic (exact) mass is 221 g/mol. The molecule has 0 amide bonds. The van der Waals surface area contributed by atoms with Crippen LogP contribution in [0.3, 0.4) is 0 Å². The summed E-state index contributed by atoms with van der Waals surface area (Å²) >= 11 is 0. The number of ketones is 1. The Morgan fingerprint density at radius 3 is 3.00 bits per heavy atom. The van der Waals surface area contributed by atoms with Crippen LogP contribution >= 0.6 is 0 Å². The molecule has 1 aromatic heterocycles. The van der Waals surface area contributed by atoms with Crippen LogP contribution in [0.5, 0.6) is 0 Å². The van der Waals surface area contributed by atoms with E-state index in [4.69, 9.17) is 0 Å². The molecular formula is C12H19N3O. The largest absolute Gasteiger partial charge is 0.329 e. The maximum Gasteiger partial charge on any atom is 0.201 e. The molecule has 88 valence electrons. The highest BCUT2D eigenvalue weighted by Crippen LogP contribution is 2.17. The summed E-state index contributed by atoms with van der Waals surface area (Å²) in [4.78, 5) is 16.4. The molecule has 1 aromatic rings. The number of hydrogen-bond acceptors (Lipinski definition) is 3. The first-order valence-electron chi connectivity index (χ1n) is 6.09. The van der Waals surface area contributed by atoms with E-state index in [0.29, 0.717) is 5.82 Å². The van der Waals surface area contributed by atoms with Crippen LogP contribution in [-0.4, -0.2) is 28.4 Å². The van der Waals surface area contributed by atoms with Crippen LogP contribution in [-0.2, 0) is 6.54 Å². The molecule has 2 heterocycles. The zero-order valence-electron chi connectivity index (χ0n) is 9.78. The molecule has 0 saturated carbocycles. The van der Waals surface area contributed by atoms with Crippen molar-refractivity contribution in [3.05, 3.63) is 18.2 Å². The Labute approximate surface area is 96.1 Å². The highest BCUT2D eigenvalue weighted by atomic mass is 16.1. The van der Waals surface area contributed by atoms with Gasteiger partial charge in [-0.1, -0.05) is 6.92 Å². The van der Waals surface area contributed by atoms with E-state index in [-0.39, 0.29) is 11.7 Å². The molecule has 0 aliphatic carbocycles. The lowest BCUT2D eigenvalue weighted by atomic mass is 9.93. The summed E-state index contributed by atoms with van der Waals surface area (Å²) in [6, 6.07) is 0. The number of aromatic nitrogens is 2. The summed E-state index contributed by atoms with van der Waals surface area (Å²) in [5.41, 5.74) is 0.